The maximum absolute atomic E-state index is 12.6. The maximum atomic E-state index is 12.6. The van der Waals surface area contributed by atoms with Gasteiger partial charge in [0.1, 0.15) is 18.3 Å². The lowest BCUT2D eigenvalue weighted by Crippen LogP contribution is -2.41. The van der Waals surface area contributed by atoms with Gasteiger partial charge in [-0.25, -0.2) is 4.79 Å². The van der Waals surface area contributed by atoms with Gasteiger partial charge in [0.05, 0.1) is 5.60 Å². The Morgan fingerprint density at radius 2 is 1.92 bits per heavy atom. The first-order valence-electron chi connectivity index (χ1n) is 13.8. The molecule has 2 aliphatic heterocycles. The summed E-state index contributed by atoms with van der Waals surface area (Å²) in [5.74, 6) is -1.73. The standard InChI is InChI=1S/C29H46O7/c1-7-8-9-10-11-15-23(30)34-22-16-17-28(5)26(35-28)25(31)24-21(4)27(32)36-29(24,33-6)18-19(2)13-12-14-20(22)3/h13,20,22,25-26,31H,7-12,14-18H2,1-6H3. The second kappa shape index (κ2) is 12.2. The summed E-state index contributed by atoms with van der Waals surface area (Å²) in [6.45, 7) is 9.94. The van der Waals surface area contributed by atoms with Crippen LogP contribution in [0.1, 0.15) is 105 Å². The van der Waals surface area contributed by atoms with Crippen LogP contribution in [0, 0.1) is 5.92 Å². The van der Waals surface area contributed by atoms with Gasteiger partial charge < -0.3 is 24.1 Å². The molecule has 204 valence electrons. The fourth-order valence-electron chi connectivity index (χ4n) is 5.69. The number of rotatable bonds is 8. The quantitative estimate of drug-likeness (QED) is 0.200. The molecule has 1 saturated heterocycles. The highest BCUT2D eigenvalue weighted by atomic mass is 16.7. The Kier molecular flexibility index (Phi) is 9.81. The van der Waals surface area contributed by atoms with Crippen LogP contribution in [0.15, 0.2) is 22.8 Å². The van der Waals surface area contributed by atoms with Crippen molar-refractivity contribution in [2.24, 2.45) is 5.92 Å². The summed E-state index contributed by atoms with van der Waals surface area (Å²) in [4.78, 5) is 25.2. The lowest BCUT2D eigenvalue weighted by molar-refractivity contribution is -0.195. The topological polar surface area (TPSA) is 94.6 Å². The van der Waals surface area contributed by atoms with Crippen LogP contribution in [0.2, 0.25) is 0 Å². The molecule has 3 aliphatic rings. The van der Waals surface area contributed by atoms with Crippen molar-refractivity contribution in [3.63, 3.8) is 0 Å². The van der Waals surface area contributed by atoms with Gasteiger partial charge in [-0.1, -0.05) is 51.2 Å². The molecule has 6 atom stereocenters. The van der Waals surface area contributed by atoms with E-state index >= 15 is 0 Å². The summed E-state index contributed by atoms with van der Waals surface area (Å²) in [5.41, 5.74) is 1.26. The number of esters is 2. The number of epoxide rings is 1. The number of ether oxygens (including phenoxy) is 4. The molecule has 0 aromatic heterocycles. The van der Waals surface area contributed by atoms with E-state index in [0.29, 0.717) is 36.8 Å². The minimum Gasteiger partial charge on any atom is -0.462 e. The van der Waals surface area contributed by atoms with E-state index < -0.39 is 29.6 Å². The molecule has 0 aromatic carbocycles. The average Bonchev–Trinajstić information content (AvgIpc) is 3.44. The van der Waals surface area contributed by atoms with E-state index in [2.05, 4.69) is 19.9 Å². The molecule has 0 saturated carbocycles. The summed E-state index contributed by atoms with van der Waals surface area (Å²) in [6, 6.07) is 0. The number of aliphatic hydroxyl groups excluding tert-OH is 1. The van der Waals surface area contributed by atoms with Crippen molar-refractivity contribution in [1.29, 1.82) is 0 Å². The maximum Gasteiger partial charge on any atom is 0.336 e. The molecule has 0 bridgehead atoms. The van der Waals surface area contributed by atoms with E-state index in [1.807, 2.05) is 13.8 Å². The molecule has 6 unspecified atom stereocenters. The monoisotopic (exact) mass is 506 g/mol. The first-order chi connectivity index (χ1) is 17.1. The predicted octanol–water partition coefficient (Wildman–Crippen LogP) is 5.54. The zero-order valence-electron chi connectivity index (χ0n) is 23.1. The highest BCUT2D eigenvalue weighted by Crippen LogP contribution is 2.50. The third-order valence-corrected chi connectivity index (χ3v) is 8.18. The van der Waals surface area contributed by atoms with Crippen molar-refractivity contribution < 1.29 is 33.6 Å². The number of methoxy groups -OCH3 is 1. The lowest BCUT2D eigenvalue weighted by atomic mass is 9.84. The van der Waals surface area contributed by atoms with Gasteiger partial charge in [-0.2, -0.15) is 0 Å². The van der Waals surface area contributed by atoms with Gasteiger partial charge in [-0.3, -0.25) is 4.79 Å². The average molecular weight is 507 g/mol. The molecule has 0 radical (unpaired) electrons. The van der Waals surface area contributed by atoms with E-state index in [9.17, 15) is 14.7 Å². The predicted molar refractivity (Wildman–Crippen MR) is 137 cm³/mol. The van der Waals surface area contributed by atoms with E-state index in [1.165, 1.54) is 20.0 Å². The van der Waals surface area contributed by atoms with Gasteiger partial charge in [-0.15, -0.1) is 0 Å². The van der Waals surface area contributed by atoms with Crippen LogP contribution in [0.4, 0.5) is 0 Å². The Bertz CT molecular complexity index is 862. The summed E-state index contributed by atoms with van der Waals surface area (Å²) >= 11 is 0. The van der Waals surface area contributed by atoms with Gasteiger partial charge in [0.25, 0.3) is 0 Å². The molecule has 0 spiro atoms. The van der Waals surface area contributed by atoms with E-state index in [-0.39, 0.29) is 18.0 Å². The number of aliphatic hydroxyl groups is 1. The van der Waals surface area contributed by atoms with Crippen molar-refractivity contribution in [3.05, 3.63) is 22.8 Å². The first kappa shape index (κ1) is 28.9. The van der Waals surface area contributed by atoms with E-state index in [4.69, 9.17) is 18.9 Å². The molecule has 3 rings (SSSR count). The molecule has 1 aliphatic carbocycles. The van der Waals surface area contributed by atoms with Crippen molar-refractivity contribution in [2.45, 2.75) is 135 Å². The van der Waals surface area contributed by atoms with Gasteiger partial charge in [-0.05, 0) is 58.8 Å². The molecule has 7 heteroatoms. The van der Waals surface area contributed by atoms with Crippen molar-refractivity contribution >= 4 is 11.9 Å². The minimum absolute atomic E-state index is 0.123. The SMILES string of the molecule is CCCCCCCC(=O)OC1CCC2(C)OC2C(O)C2=C(C)C(=O)OC2(OC)CC(C)=CCCC1C. The number of hydrogen-bond acceptors (Lipinski definition) is 7. The van der Waals surface area contributed by atoms with Crippen LogP contribution in [-0.4, -0.2) is 53.9 Å². The normalized spacial score (nSPS) is 35.3. The summed E-state index contributed by atoms with van der Waals surface area (Å²) in [5, 5.41) is 11.4. The molecule has 36 heavy (non-hydrogen) atoms. The van der Waals surface area contributed by atoms with Gasteiger partial charge in [0.2, 0.25) is 5.79 Å². The van der Waals surface area contributed by atoms with Crippen LogP contribution in [-0.2, 0) is 28.5 Å². The van der Waals surface area contributed by atoms with Crippen LogP contribution >= 0.6 is 0 Å². The third kappa shape index (κ3) is 6.59. The van der Waals surface area contributed by atoms with Crippen LogP contribution in [0.25, 0.3) is 0 Å². The molecule has 1 N–H and O–H groups in total. The van der Waals surface area contributed by atoms with Gasteiger partial charge >= 0.3 is 11.9 Å². The fraction of sp³-hybridized carbons (Fsp3) is 0.793. The first-order valence-corrected chi connectivity index (χ1v) is 13.8. The Morgan fingerprint density at radius 1 is 1.19 bits per heavy atom. The number of carbonyl (C=O) groups is 2. The van der Waals surface area contributed by atoms with Crippen molar-refractivity contribution in [2.75, 3.05) is 7.11 Å². The Morgan fingerprint density at radius 3 is 2.61 bits per heavy atom. The fourth-order valence-corrected chi connectivity index (χ4v) is 5.69. The number of unbranched alkanes of at least 4 members (excludes halogenated alkanes) is 4. The smallest absolute Gasteiger partial charge is 0.336 e. The van der Waals surface area contributed by atoms with Crippen LogP contribution in [0.5, 0.6) is 0 Å². The molecule has 2 heterocycles. The Labute approximate surface area is 216 Å². The Hall–Kier alpha value is -1.70. The van der Waals surface area contributed by atoms with E-state index in [0.717, 1.165) is 37.7 Å². The molecular weight excluding hydrogens is 460 g/mol. The number of carbonyl (C=O) groups excluding carboxylic acids is 2. The molecule has 7 nitrogen and oxygen atoms in total. The summed E-state index contributed by atoms with van der Waals surface area (Å²) in [7, 11) is 1.51. The minimum atomic E-state index is -1.32. The Balaban J connectivity index is 1.76. The lowest BCUT2D eigenvalue weighted by Gasteiger charge is -2.32. The van der Waals surface area contributed by atoms with Crippen LogP contribution in [0.3, 0.4) is 0 Å². The molecule has 0 amide bonds. The second-order valence-electron chi connectivity index (χ2n) is 11.2. The molecule has 0 aromatic rings. The number of hydrogen-bond donors (Lipinski definition) is 1. The van der Waals surface area contributed by atoms with E-state index in [1.54, 1.807) is 6.92 Å². The van der Waals surface area contributed by atoms with Crippen molar-refractivity contribution in [3.8, 4) is 0 Å². The van der Waals surface area contributed by atoms with Gasteiger partial charge in [0.15, 0.2) is 0 Å². The third-order valence-electron chi connectivity index (χ3n) is 8.18. The van der Waals surface area contributed by atoms with Crippen LogP contribution < -0.4 is 0 Å². The largest absolute Gasteiger partial charge is 0.462 e. The highest BCUT2D eigenvalue weighted by molar-refractivity contribution is 5.92. The van der Waals surface area contributed by atoms with Crippen molar-refractivity contribution in [1.82, 2.24) is 0 Å². The molecule has 1 fully saturated rings. The second-order valence-corrected chi connectivity index (χ2v) is 11.2. The number of allylic oxidation sites excluding steroid dienone is 1. The summed E-state index contributed by atoms with van der Waals surface area (Å²) < 4.78 is 23.5. The van der Waals surface area contributed by atoms with Gasteiger partial charge in [0, 0.05) is 31.1 Å². The molecular formula is C29H46O7. The highest BCUT2D eigenvalue weighted by Gasteiger charge is 2.61. The zero-order chi connectivity index (χ0) is 26.5. The number of fused-ring (bicyclic) bond motifs is 2. The summed E-state index contributed by atoms with van der Waals surface area (Å²) in [6.07, 6.45) is 9.67. The zero-order valence-corrected chi connectivity index (χ0v) is 23.1.